The van der Waals surface area contributed by atoms with Crippen LogP contribution in [-0.2, 0) is 4.79 Å². The second-order valence-corrected chi connectivity index (χ2v) is 3.04. The molecule has 0 saturated heterocycles. The van der Waals surface area contributed by atoms with E-state index in [9.17, 15) is 4.79 Å². The van der Waals surface area contributed by atoms with Crippen LogP contribution in [0.3, 0.4) is 0 Å². The molecule has 11 heavy (non-hydrogen) atoms. The van der Waals surface area contributed by atoms with Gasteiger partial charge in [-0.3, -0.25) is 4.79 Å². The summed E-state index contributed by atoms with van der Waals surface area (Å²) in [5, 5.41) is 0. The van der Waals surface area contributed by atoms with Gasteiger partial charge in [-0.1, -0.05) is 13.8 Å². The fourth-order valence-corrected chi connectivity index (χ4v) is 1.72. The second kappa shape index (κ2) is 3.13. The third kappa shape index (κ3) is 1.20. The normalized spacial score (nSPS) is 40.3. The summed E-state index contributed by atoms with van der Waals surface area (Å²) >= 11 is 0. The van der Waals surface area contributed by atoms with Crippen molar-refractivity contribution >= 4 is 12.1 Å². The Kier molecular flexibility index (Phi) is 2.39. The van der Waals surface area contributed by atoms with Gasteiger partial charge in [0.05, 0.1) is 0 Å². The summed E-state index contributed by atoms with van der Waals surface area (Å²) in [6.45, 7) is 4.08. The van der Waals surface area contributed by atoms with E-state index in [0.717, 1.165) is 12.1 Å². The van der Waals surface area contributed by atoms with Crippen LogP contribution in [0.15, 0.2) is 4.99 Å². The van der Waals surface area contributed by atoms with Crippen molar-refractivity contribution in [3.05, 3.63) is 0 Å². The van der Waals surface area contributed by atoms with E-state index in [4.69, 9.17) is 5.73 Å². The van der Waals surface area contributed by atoms with Crippen LogP contribution in [0.2, 0.25) is 0 Å². The summed E-state index contributed by atoms with van der Waals surface area (Å²) in [5.41, 5.74) is 6.78. The monoisotopic (exact) mass is 154 g/mol. The Bertz CT molecular complexity index is 189. The third-order valence-electron chi connectivity index (χ3n) is 2.53. The van der Waals surface area contributed by atoms with Gasteiger partial charge in [0.15, 0.2) is 0 Å². The molecule has 1 aliphatic carbocycles. The fourth-order valence-electron chi connectivity index (χ4n) is 1.72. The van der Waals surface area contributed by atoms with E-state index in [2.05, 4.69) is 11.9 Å². The molecule has 1 amide bonds. The number of aliphatic imine (C=N–C) groups is 1. The molecular weight excluding hydrogens is 140 g/mol. The number of nitrogens with two attached hydrogens (primary N) is 1. The molecule has 1 aliphatic rings. The first-order valence-corrected chi connectivity index (χ1v) is 3.99. The minimum absolute atomic E-state index is 0.207. The Balaban J connectivity index is 2.67. The highest BCUT2D eigenvalue weighted by Gasteiger charge is 2.40. The number of hydrogen-bond acceptors (Lipinski definition) is 2. The van der Waals surface area contributed by atoms with Crippen LogP contribution in [0.1, 0.15) is 20.3 Å². The SMILES string of the molecule is CCC1C(=NC=O)C(C)C1N. The second-order valence-electron chi connectivity index (χ2n) is 3.04. The van der Waals surface area contributed by atoms with Gasteiger partial charge in [0.1, 0.15) is 0 Å². The molecule has 1 fully saturated rings. The van der Waals surface area contributed by atoms with Gasteiger partial charge in [-0.05, 0) is 6.42 Å². The standard InChI is InChI=1S/C8H14N2O/c1-3-6-7(9)5(2)8(6)10-4-11/h4-7H,3,9H2,1-2H3. The molecule has 0 aromatic carbocycles. The highest BCUT2D eigenvalue weighted by atomic mass is 16.1. The maximum absolute atomic E-state index is 10.1. The number of carbonyl (C=O) groups excluding carboxylic acids is 1. The van der Waals surface area contributed by atoms with Crippen molar-refractivity contribution in [2.24, 2.45) is 22.6 Å². The Hall–Kier alpha value is -0.700. The van der Waals surface area contributed by atoms with Crippen LogP contribution in [-0.4, -0.2) is 18.2 Å². The highest BCUT2D eigenvalue weighted by molar-refractivity contribution is 5.99. The van der Waals surface area contributed by atoms with Crippen LogP contribution >= 0.6 is 0 Å². The number of nitrogens with zero attached hydrogens (tertiary/aromatic N) is 1. The van der Waals surface area contributed by atoms with E-state index in [0.29, 0.717) is 18.2 Å². The van der Waals surface area contributed by atoms with Crippen LogP contribution < -0.4 is 5.73 Å². The smallest absolute Gasteiger partial charge is 0.232 e. The average molecular weight is 154 g/mol. The lowest BCUT2D eigenvalue weighted by Crippen LogP contribution is -2.55. The van der Waals surface area contributed by atoms with E-state index in [1.54, 1.807) is 0 Å². The van der Waals surface area contributed by atoms with Crippen molar-refractivity contribution in [2.75, 3.05) is 0 Å². The van der Waals surface area contributed by atoms with Gasteiger partial charge in [0, 0.05) is 23.6 Å². The predicted octanol–water partition coefficient (Wildman–Crippen LogP) is 0.587. The highest BCUT2D eigenvalue weighted by Crippen LogP contribution is 2.31. The summed E-state index contributed by atoms with van der Waals surface area (Å²) in [6.07, 6.45) is 1.60. The lowest BCUT2D eigenvalue weighted by atomic mass is 9.68. The predicted molar refractivity (Wildman–Crippen MR) is 44.4 cm³/mol. The van der Waals surface area contributed by atoms with Crippen LogP contribution in [0.5, 0.6) is 0 Å². The maximum atomic E-state index is 10.1. The third-order valence-corrected chi connectivity index (χ3v) is 2.53. The molecule has 2 N–H and O–H groups in total. The van der Waals surface area contributed by atoms with Crippen LogP contribution in [0, 0.1) is 11.8 Å². The largest absolute Gasteiger partial charge is 0.327 e. The maximum Gasteiger partial charge on any atom is 0.232 e. The van der Waals surface area contributed by atoms with E-state index in [-0.39, 0.29) is 6.04 Å². The Labute approximate surface area is 66.7 Å². The van der Waals surface area contributed by atoms with E-state index >= 15 is 0 Å². The summed E-state index contributed by atoms with van der Waals surface area (Å²) in [7, 11) is 0. The molecule has 0 bridgehead atoms. The van der Waals surface area contributed by atoms with Gasteiger partial charge in [0.2, 0.25) is 6.41 Å². The molecule has 0 spiro atoms. The summed E-state index contributed by atoms with van der Waals surface area (Å²) in [6, 6.07) is 0.207. The van der Waals surface area contributed by atoms with Crippen molar-refractivity contribution in [3.63, 3.8) is 0 Å². The van der Waals surface area contributed by atoms with E-state index < -0.39 is 0 Å². The summed E-state index contributed by atoms with van der Waals surface area (Å²) < 4.78 is 0. The first-order chi connectivity index (χ1) is 5.22. The molecule has 0 aliphatic heterocycles. The molecule has 3 atom stereocenters. The molecule has 0 aromatic heterocycles. The first-order valence-electron chi connectivity index (χ1n) is 3.99. The molecule has 1 saturated carbocycles. The minimum Gasteiger partial charge on any atom is -0.327 e. The number of carbonyl (C=O) groups is 1. The van der Waals surface area contributed by atoms with Crippen molar-refractivity contribution in [1.82, 2.24) is 0 Å². The van der Waals surface area contributed by atoms with Crippen LogP contribution in [0.25, 0.3) is 0 Å². The quantitative estimate of drug-likeness (QED) is 0.592. The zero-order valence-electron chi connectivity index (χ0n) is 6.95. The summed E-state index contributed by atoms with van der Waals surface area (Å²) in [5.74, 6) is 0.639. The zero-order valence-corrected chi connectivity index (χ0v) is 6.95. The lowest BCUT2D eigenvalue weighted by molar-refractivity contribution is -0.106. The topological polar surface area (TPSA) is 55.5 Å². The Morgan fingerprint density at radius 1 is 1.73 bits per heavy atom. The molecule has 62 valence electrons. The molecule has 3 nitrogen and oxygen atoms in total. The molecule has 0 aromatic rings. The van der Waals surface area contributed by atoms with E-state index in [1.807, 2.05) is 6.92 Å². The first kappa shape index (κ1) is 8.40. The number of hydrogen-bond donors (Lipinski definition) is 1. The molecule has 1 rings (SSSR count). The molecular formula is C8H14N2O. The molecule has 0 heterocycles. The Morgan fingerprint density at radius 2 is 2.36 bits per heavy atom. The average Bonchev–Trinajstić information content (AvgIpc) is 2.04. The van der Waals surface area contributed by atoms with Gasteiger partial charge in [-0.25, -0.2) is 4.99 Å². The molecule has 3 unspecified atom stereocenters. The number of rotatable bonds is 2. The zero-order chi connectivity index (χ0) is 8.43. The van der Waals surface area contributed by atoms with E-state index in [1.165, 1.54) is 0 Å². The van der Waals surface area contributed by atoms with Gasteiger partial charge >= 0.3 is 0 Å². The fraction of sp³-hybridized carbons (Fsp3) is 0.750. The van der Waals surface area contributed by atoms with Crippen molar-refractivity contribution in [1.29, 1.82) is 0 Å². The number of amides is 1. The molecule has 0 radical (unpaired) electrons. The minimum atomic E-state index is 0.207. The van der Waals surface area contributed by atoms with Gasteiger partial charge < -0.3 is 5.73 Å². The van der Waals surface area contributed by atoms with Crippen molar-refractivity contribution in [3.8, 4) is 0 Å². The lowest BCUT2D eigenvalue weighted by Gasteiger charge is -2.41. The molecule has 3 heteroatoms. The summed E-state index contributed by atoms with van der Waals surface area (Å²) in [4.78, 5) is 13.9. The van der Waals surface area contributed by atoms with Gasteiger partial charge in [-0.15, -0.1) is 0 Å². The van der Waals surface area contributed by atoms with Crippen molar-refractivity contribution in [2.45, 2.75) is 26.3 Å². The van der Waals surface area contributed by atoms with Crippen molar-refractivity contribution < 1.29 is 4.79 Å². The van der Waals surface area contributed by atoms with Crippen LogP contribution in [0.4, 0.5) is 0 Å². The van der Waals surface area contributed by atoms with Gasteiger partial charge in [-0.2, -0.15) is 0 Å². The Morgan fingerprint density at radius 3 is 2.82 bits per heavy atom. The van der Waals surface area contributed by atoms with Gasteiger partial charge in [0.25, 0.3) is 0 Å².